The van der Waals surface area contributed by atoms with Gasteiger partial charge in [0.05, 0.1) is 5.41 Å². The van der Waals surface area contributed by atoms with Crippen molar-refractivity contribution in [1.82, 2.24) is 16.0 Å². The highest BCUT2D eigenvalue weighted by atomic mass is 35.5. The van der Waals surface area contributed by atoms with Gasteiger partial charge in [-0.2, -0.15) is 22.7 Å². The van der Waals surface area contributed by atoms with Crippen LogP contribution in [0.1, 0.15) is 24.0 Å². The van der Waals surface area contributed by atoms with Crippen molar-refractivity contribution in [2.24, 2.45) is 5.41 Å². The van der Waals surface area contributed by atoms with Crippen molar-refractivity contribution in [3.8, 4) is 0 Å². The summed E-state index contributed by atoms with van der Waals surface area (Å²) < 4.78 is 0. The Labute approximate surface area is 161 Å². The minimum Gasteiger partial charge on any atom is -0.352 e. The molecule has 25 heavy (non-hydrogen) atoms. The summed E-state index contributed by atoms with van der Waals surface area (Å²) in [5.74, 6) is -0.111. The third kappa shape index (κ3) is 5.28. The van der Waals surface area contributed by atoms with Crippen LogP contribution in [0.15, 0.2) is 33.7 Å². The van der Waals surface area contributed by atoms with Crippen LogP contribution in [0.2, 0.25) is 0 Å². The van der Waals surface area contributed by atoms with Gasteiger partial charge in [-0.05, 0) is 57.7 Å². The lowest BCUT2D eigenvalue weighted by molar-refractivity contribution is -0.135. The Morgan fingerprint density at radius 3 is 2.24 bits per heavy atom. The smallest absolute Gasteiger partial charge is 0.228 e. The fourth-order valence-corrected chi connectivity index (χ4v) is 4.23. The van der Waals surface area contributed by atoms with Crippen LogP contribution in [0.4, 0.5) is 0 Å². The van der Waals surface area contributed by atoms with Crippen molar-refractivity contribution >= 4 is 46.9 Å². The number of hydrogen-bond donors (Lipinski definition) is 3. The topological polar surface area (TPSA) is 70.2 Å². The molecule has 8 heteroatoms. The number of hydrogen-bond acceptors (Lipinski definition) is 5. The van der Waals surface area contributed by atoms with E-state index in [2.05, 4.69) is 16.0 Å². The predicted molar refractivity (Wildman–Crippen MR) is 104 cm³/mol. The minimum atomic E-state index is -0.644. The second kappa shape index (κ2) is 9.33. The van der Waals surface area contributed by atoms with Crippen LogP contribution in [0, 0.1) is 5.41 Å². The summed E-state index contributed by atoms with van der Waals surface area (Å²) in [6, 6.07) is 3.99. The SMILES string of the molecule is Cl.O=C(CC1(C(=O)NCc2ccsc2)CCNC1)NCc1ccsc1. The van der Waals surface area contributed by atoms with Crippen molar-refractivity contribution in [1.29, 1.82) is 0 Å². The normalized spacial score (nSPS) is 19.2. The van der Waals surface area contributed by atoms with Gasteiger partial charge in [0.15, 0.2) is 0 Å². The molecule has 1 saturated heterocycles. The third-order valence-corrected chi connectivity index (χ3v) is 5.79. The van der Waals surface area contributed by atoms with Crippen LogP contribution in [0.5, 0.6) is 0 Å². The molecule has 1 aliphatic heterocycles. The number of amides is 2. The second-order valence-electron chi connectivity index (χ2n) is 6.11. The number of nitrogens with one attached hydrogen (secondary N) is 3. The first-order valence-corrected chi connectivity index (χ1v) is 9.84. The van der Waals surface area contributed by atoms with Gasteiger partial charge in [-0.1, -0.05) is 0 Å². The van der Waals surface area contributed by atoms with Gasteiger partial charge in [0.2, 0.25) is 11.8 Å². The van der Waals surface area contributed by atoms with E-state index in [-0.39, 0.29) is 30.6 Å². The lowest BCUT2D eigenvalue weighted by Crippen LogP contribution is -2.45. The minimum absolute atomic E-state index is 0. The average molecular weight is 400 g/mol. The zero-order chi connectivity index (χ0) is 16.8. The molecule has 5 nitrogen and oxygen atoms in total. The maximum Gasteiger partial charge on any atom is 0.228 e. The Morgan fingerprint density at radius 2 is 1.72 bits per heavy atom. The van der Waals surface area contributed by atoms with Crippen molar-refractivity contribution in [3.63, 3.8) is 0 Å². The Hall–Kier alpha value is -1.41. The second-order valence-corrected chi connectivity index (χ2v) is 7.67. The maximum atomic E-state index is 12.7. The molecule has 3 heterocycles. The van der Waals surface area contributed by atoms with E-state index in [0.29, 0.717) is 26.1 Å². The summed E-state index contributed by atoms with van der Waals surface area (Å²) in [4.78, 5) is 25.0. The molecule has 2 amide bonds. The molecule has 136 valence electrons. The number of thiophene rings is 2. The molecule has 1 atom stereocenters. The van der Waals surface area contributed by atoms with E-state index in [0.717, 1.165) is 17.7 Å². The molecule has 3 N–H and O–H groups in total. The molecule has 1 unspecified atom stereocenters. The highest BCUT2D eigenvalue weighted by Crippen LogP contribution is 2.30. The van der Waals surface area contributed by atoms with E-state index in [1.165, 1.54) is 0 Å². The molecule has 0 bridgehead atoms. The molecule has 2 aromatic heterocycles. The van der Waals surface area contributed by atoms with Gasteiger partial charge in [0, 0.05) is 26.1 Å². The Balaban J connectivity index is 0.00000225. The number of halogens is 1. The number of carbonyl (C=O) groups is 2. The lowest BCUT2D eigenvalue weighted by Gasteiger charge is -2.26. The molecule has 0 spiro atoms. The average Bonchev–Trinajstić information content (AvgIpc) is 3.32. The molecule has 3 rings (SSSR count). The molecule has 0 aromatic carbocycles. The molecular formula is C17H22ClN3O2S2. The van der Waals surface area contributed by atoms with Crippen molar-refractivity contribution in [3.05, 3.63) is 44.8 Å². The Bertz CT molecular complexity index is 668. The van der Waals surface area contributed by atoms with E-state index < -0.39 is 5.41 Å². The van der Waals surface area contributed by atoms with Gasteiger partial charge < -0.3 is 16.0 Å². The predicted octanol–water partition coefficient (Wildman–Crippen LogP) is 2.53. The van der Waals surface area contributed by atoms with Gasteiger partial charge in [-0.15, -0.1) is 12.4 Å². The van der Waals surface area contributed by atoms with E-state index in [4.69, 9.17) is 0 Å². The van der Waals surface area contributed by atoms with Crippen molar-refractivity contribution in [2.75, 3.05) is 13.1 Å². The molecular weight excluding hydrogens is 378 g/mol. The quantitative estimate of drug-likeness (QED) is 0.670. The fourth-order valence-electron chi connectivity index (χ4n) is 2.90. The monoisotopic (exact) mass is 399 g/mol. The van der Waals surface area contributed by atoms with Gasteiger partial charge in [0.25, 0.3) is 0 Å². The van der Waals surface area contributed by atoms with Gasteiger partial charge >= 0.3 is 0 Å². The van der Waals surface area contributed by atoms with Gasteiger partial charge in [-0.3, -0.25) is 9.59 Å². The van der Waals surface area contributed by atoms with Crippen LogP contribution in [0.3, 0.4) is 0 Å². The van der Waals surface area contributed by atoms with Gasteiger partial charge in [0.1, 0.15) is 0 Å². The highest BCUT2D eigenvalue weighted by Gasteiger charge is 2.42. The molecule has 2 aromatic rings. The highest BCUT2D eigenvalue weighted by molar-refractivity contribution is 7.08. The zero-order valence-corrected chi connectivity index (χ0v) is 16.2. The fraction of sp³-hybridized carbons (Fsp3) is 0.412. The summed E-state index contributed by atoms with van der Waals surface area (Å²) in [5.41, 5.74) is 1.54. The first-order chi connectivity index (χ1) is 11.7. The standard InChI is InChI=1S/C17H21N3O2S2.ClH/c21-15(19-8-13-1-5-23-10-13)7-17(3-4-18-12-17)16(22)20-9-14-2-6-24-11-14;/h1-2,5-6,10-11,18H,3-4,7-9,12H2,(H,19,21)(H,20,22);1H. The first-order valence-electron chi connectivity index (χ1n) is 7.96. The summed E-state index contributed by atoms with van der Waals surface area (Å²) >= 11 is 3.22. The first kappa shape index (κ1) is 19.9. The van der Waals surface area contributed by atoms with Gasteiger partial charge in [-0.25, -0.2) is 0 Å². The summed E-state index contributed by atoms with van der Waals surface area (Å²) in [6.07, 6.45) is 0.911. The molecule has 0 aliphatic carbocycles. The maximum absolute atomic E-state index is 12.7. The Morgan fingerprint density at radius 1 is 1.08 bits per heavy atom. The van der Waals surface area contributed by atoms with Crippen molar-refractivity contribution in [2.45, 2.75) is 25.9 Å². The summed E-state index contributed by atoms with van der Waals surface area (Å²) in [5, 5.41) is 17.2. The van der Waals surface area contributed by atoms with E-state index in [1.54, 1.807) is 22.7 Å². The van der Waals surface area contributed by atoms with Crippen LogP contribution in [-0.4, -0.2) is 24.9 Å². The van der Waals surface area contributed by atoms with Crippen molar-refractivity contribution < 1.29 is 9.59 Å². The lowest BCUT2D eigenvalue weighted by atomic mass is 9.82. The van der Waals surface area contributed by atoms with Crippen LogP contribution >= 0.6 is 35.1 Å². The van der Waals surface area contributed by atoms with Crippen LogP contribution < -0.4 is 16.0 Å². The Kier molecular flexibility index (Phi) is 7.43. The van der Waals surface area contributed by atoms with E-state index in [1.807, 2.05) is 33.7 Å². The molecule has 0 radical (unpaired) electrons. The summed E-state index contributed by atoms with van der Waals surface area (Å²) in [7, 11) is 0. The van der Waals surface area contributed by atoms with E-state index in [9.17, 15) is 9.59 Å². The summed E-state index contributed by atoms with van der Waals surface area (Å²) in [6.45, 7) is 2.35. The zero-order valence-electron chi connectivity index (χ0n) is 13.7. The molecule has 1 fully saturated rings. The third-order valence-electron chi connectivity index (χ3n) is 4.33. The largest absolute Gasteiger partial charge is 0.352 e. The molecule has 1 aliphatic rings. The van der Waals surface area contributed by atoms with E-state index >= 15 is 0 Å². The van der Waals surface area contributed by atoms with Crippen LogP contribution in [-0.2, 0) is 22.7 Å². The van der Waals surface area contributed by atoms with Crippen LogP contribution in [0.25, 0.3) is 0 Å². The number of rotatable bonds is 7. The number of carbonyl (C=O) groups excluding carboxylic acids is 2. The molecule has 0 saturated carbocycles.